The van der Waals surface area contributed by atoms with Crippen molar-refractivity contribution in [3.05, 3.63) is 65.7 Å². The van der Waals surface area contributed by atoms with Gasteiger partial charge in [-0.3, -0.25) is 4.79 Å². The fraction of sp³-hybridized carbons (Fsp3) is 0.235. The highest BCUT2D eigenvalue weighted by Gasteiger charge is 2.15. The summed E-state index contributed by atoms with van der Waals surface area (Å²) in [6.45, 7) is 0.246. The van der Waals surface area contributed by atoms with Crippen molar-refractivity contribution in [2.24, 2.45) is 5.73 Å². The standard InChI is InChI=1S/C17H19NO3/c1-20-15-9-7-13(8-10-15)11-16(18)17(19)21-12-14-5-3-2-4-6-14/h2-10,16H,11-12,18H2,1H3. The van der Waals surface area contributed by atoms with E-state index >= 15 is 0 Å². The Labute approximate surface area is 124 Å². The van der Waals surface area contributed by atoms with Crippen molar-refractivity contribution in [1.29, 1.82) is 0 Å². The minimum Gasteiger partial charge on any atom is -0.497 e. The molecule has 0 aromatic heterocycles. The minimum absolute atomic E-state index is 0.246. The van der Waals surface area contributed by atoms with Crippen molar-refractivity contribution in [2.45, 2.75) is 19.1 Å². The van der Waals surface area contributed by atoms with Crippen LogP contribution in [-0.2, 0) is 22.6 Å². The number of methoxy groups -OCH3 is 1. The molecular formula is C17H19NO3. The highest BCUT2D eigenvalue weighted by atomic mass is 16.5. The summed E-state index contributed by atoms with van der Waals surface area (Å²) in [7, 11) is 1.61. The van der Waals surface area contributed by atoms with Crippen LogP contribution in [0, 0.1) is 0 Å². The number of ether oxygens (including phenoxy) is 2. The van der Waals surface area contributed by atoms with Crippen molar-refractivity contribution in [3.63, 3.8) is 0 Å². The van der Waals surface area contributed by atoms with Crippen molar-refractivity contribution in [3.8, 4) is 5.75 Å². The van der Waals surface area contributed by atoms with Crippen LogP contribution in [-0.4, -0.2) is 19.1 Å². The van der Waals surface area contributed by atoms with Crippen LogP contribution < -0.4 is 10.5 Å². The van der Waals surface area contributed by atoms with Crippen LogP contribution in [0.2, 0.25) is 0 Å². The summed E-state index contributed by atoms with van der Waals surface area (Å²) in [4.78, 5) is 11.9. The molecule has 0 aliphatic heterocycles. The monoisotopic (exact) mass is 285 g/mol. The fourth-order valence-corrected chi connectivity index (χ4v) is 1.93. The van der Waals surface area contributed by atoms with Gasteiger partial charge in [-0.15, -0.1) is 0 Å². The fourth-order valence-electron chi connectivity index (χ4n) is 1.93. The van der Waals surface area contributed by atoms with Gasteiger partial charge in [0.2, 0.25) is 0 Å². The van der Waals surface area contributed by atoms with Crippen LogP contribution in [0.15, 0.2) is 54.6 Å². The zero-order chi connectivity index (χ0) is 15.1. The van der Waals surface area contributed by atoms with Gasteiger partial charge < -0.3 is 15.2 Å². The maximum Gasteiger partial charge on any atom is 0.323 e. The van der Waals surface area contributed by atoms with Crippen LogP contribution in [0.4, 0.5) is 0 Å². The predicted molar refractivity (Wildman–Crippen MR) is 80.9 cm³/mol. The van der Waals surface area contributed by atoms with Gasteiger partial charge >= 0.3 is 5.97 Å². The Hall–Kier alpha value is -2.33. The Morgan fingerprint density at radius 1 is 1.05 bits per heavy atom. The van der Waals surface area contributed by atoms with Crippen molar-refractivity contribution < 1.29 is 14.3 Å². The maximum atomic E-state index is 11.9. The van der Waals surface area contributed by atoms with E-state index in [1.165, 1.54) is 0 Å². The summed E-state index contributed by atoms with van der Waals surface area (Å²) in [5.41, 5.74) is 7.80. The Morgan fingerprint density at radius 2 is 1.71 bits per heavy atom. The molecule has 4 nitrogen and oxygen atoms in total. The first-order valence-electron chi connectivity index (χ1n) is 6.78. The van der Waals surface area contributed by atoms with Gasteiger partial charge in [0.1, 0.15) is 18.4 Å². The Kier molecular flexibility index (Phi) is 5.35. The lowest BCUT2D eigenvalue weighted by atomic mass is 10.1. The lowest BCUT2D eigenvalue weighted by Crippen LogP contribution is -2.34. The molecule has 0 radical (unpaired) electrons. The molecule has 4 heteroatoms. The third-order valence-electron chi connectivity index (χ3n) is 3.14. The molecule has 2 N–H and O–H groups in total. The van der Waals surface area contributed by atoms with E-state index in [4.69, 9.17) is 15.2 Å². The molecule has 21 heavy (non-hydrogen) atoms. The van der Waals surface area contributed by atoms with Gasteiger partial charge in [0.05, 0.1) is 7.11 Å². The molecule has 1 unspecified atom stereocenters. The summed E-state index contributed by atoms with van der Waals surface area (Å²) in [5.74, 6) is 0.383. The van der Waals surface area contributed by atoms with E-state index < -0.39 is 12.0 Å². The quantitative estimate of drug-likeness (QED) is 0.827. The van der Waals surface area contributed by atoms with Crippen LogP contribution >= 0.6 is 0 Å². The van der Waals surface area contributed by atoms with Crippen LogP contribution in [0.25, 0.3) is 0 Å². The van der Waals surface area contributed by atoms with E-state index in [1.807, 2.05) is 54.6 Å². The SMILES string of the molecule is COc1ccc(CC(N)C(=O)OCc2ccccc2)cc1. The molecular weight excluding hydrogens is 266 g/mol. The van der Waals surface area contributed by atoms with E-state index in [9.17, 15) is 4.79 Å². The number of hydrogen-bond donors (Lipinski definition) is 1. The molecule has 2 aromatic rings. The van der Waals surface area contributed by atoms with Crippen LogP contribution in [0.3, 0.4) is 0 Å². The molecule has 0 aliphatic carbocycles. The largest absolute Gasteiger partial charge is 0.497 e. The third-order valence-corrected chi connectivity index (χ3v) is 3.14. The van der Waals surface area contributed by atoms with Crippen LogP contribution in [0.1, 0.15) is 11.1 Å². The number of benzene rings is 2. The van der Waals surface area contributed by atoms with Crippen molar-refractivity contribution >= 4 is 5.97 Å². The van der Waals surface area contributed by atoms with Gasteiger partial charge in [0, 0.05) is 0 Å². The third kappa shape index (κ3) is 4.61. The van der Waals surface area contributed by atoms with Gasteiger partial charge in [-0.2, -0.15) is 0 Å². The predicted octanol–water partition coefficient (Wildman–Crippen LogP) is 2.31. The second kappa shape index (κ2) is 7.45. The number of carbonyl (C=O) groups excluding carboxylic acids is 1. The average Bonchev–Trinajstić information content (AvgIpc) is 2.54. The number of rotatable bonds is 6. The molecule has 0 spiro atoms. The van der Waals surface area contributed by atoms with Crippen molar-refractivity contribution in [2.75, 3.05) is 7.11 Å². The molecule has 0 heterocycles. The normalized spacial score (nSPS) is 11.7. The lowest BCUT2D eigenvalue weighted by molar-refractivity contribution is -0.146. The van der Waals surface area contributed by atoms with E-state index in [2.05, 4.69) is 0 Å². The topological polar surface area (TPSA) is 61.5 Å². The summed E-state index contributed by atoms with van der Waals surface area (Å²) >= 11 is 0. The Morgan fingerprint density at radius 3 is 2.33 bits per heavy atom. The highest BCUT2D eigenvalue weighted by molar-refractivity contribution is 5.75. The van der Waals surface area contributed by atoms with E-state index in [0.717, 1.165) is 16.9 Å². The Bertz CT molecular complexity index is 566. The molecule has 1 atom stereocenters. The first kappa shape index (κ1) is 15.1. The molecule has 0 amide bonds. The molecule has 2 rings (SSSR count). The van der Waals surface area contributed by atoms with E-state index in [0.29, 0.717) is 6.42 Å². The smallest absolute Gasteiger partial charge is 0.323 e. The molecule has 0 bridgehead atoms. The van der Waals surface area contributed by atoms with Crippen LogP contribution in [0.5, 0.6) is 5.75 Å². The second-order valence-electron chi connectivity index (χ2n) is 4.75. The molecule has 0 saturated heterocycles. The van der Waals surface area contributed by atoms with Gasteiger partial charge in [-0.25, -0.2) is 0 Å². The molecule has 0 aliphatic rings. The van der Waals surface area contributed by atoms with Gasteiger partial charge in [0.25, 0.3) is 0 Å². The second-order valence-corrected chi connectivity index (χ2v) is 4.75. The molecule has 0 fully saturated rings. The summed E-state index contributed by atoms with van der Waals surface area (Å²) in [6.07, 6.45) is 0.442. The molecule has 110 valence electrons. The number of esters is 1. The van der Waals surface area contributed by atoms with E-state index in [1.54, 1.807) is 7.11 Å². The first-order chi connectivity index (χ1) is 10.2. The lowest BCUT2D eigenvalue weighted by Gasteiger charge is -2.12. The highest BCUT2D eigenvalue weighted by Crippen LogP contribution is 2.13. The zero-order valence-corrected chi connectivity index (χ0v) is 12.0. The number of hydrogen-bond acceptors (Lipinski definition) is 4. The number of nitrogens with two attached hydrogens (primary N) is 1. The summed E-state index contributed by atoms with van der Waals surface area (Å²) in [5, 5.41) is 0. The van der Waals surface area contributed by atoms with Crippen molar-refractivity contribution in [1.82, 2.24) is 0 Å². The molecule has 0 saturated carbocycles. The van der Waals surface area contributed by atoms with Gasteiger partial charge in [0.15, 0.2) is 0 Å². The van der Waals surface area contributed by atoms with Gasteiger partial charge in [-0.05, 0) is 29.7 Å². The average molecular weight is 285 g/mol. The Balaban J connectivity index is 1.84. The first-order valence-corrected chi connectivity index (χ1v) is 6.78. The minimum atomic E-state index is -0.665. The van der Waals surface area contributed by atoms with Gasteiger partial charge in [-0.1, -0.05) is 42.5 Å². The van der Waals surface area contributed by atoms with E-state index in [-0.39, 0.29) is 6.61 Å². The summed E-state index contributed by atoms with van der Waals surface area (Å²) in [6, 6.07) is 16.3. The molecule has 2 aromatic carbocycles. The zero-order valence-electron chi connectivity index (χ0n) is 12.0. The summed E-state index contributed by atoms with van der Waals surface area (Å²) < 4.78 is 10.3. The number of carbonyl (C=O) groups is 1. The maximum absolute atomic E-state index is 11.9.